The summed E-state index contributed by atoms with van der Waals surface area (Å²) in [5, 5.41) is 0. The zero-order valence-corrected chi connectivity index (χ0v) is 11.8. The number of carbonyl (C=O) groups excluding carboxylic acids is 1. The van der Waals surface area contributed by atoms with E-state index in [1.54, 1.807) is 17.0 Å². The summed E-state index contributed by atoms with van der Waals surface area (Å²) in [5.74, 6) is -0.408. The molecule has 3 rings (SSSR count). The number of hydrogen-bond donors (Lipinski definition) is 0. The van der Waals surface area contributed by atoms with Crippen LogP contribution in [0.25, 0.3) is 0 Å². The van der Waals surface area contributed by atoms with Crippen LogP contribution in [-0.4, -0.2) is 19.1 Å². The van der Waals surface area contributed by atoms with E-state index in [4.69, 9.17) is 0 Å². The van der Waals surface area contributed by atoms with Crippen LogP contribution in [0.15, 0.2) is 48.5 Å². The highest BCUT2D eigenvalue weighted by molar-refractivity contribution is 6.08. The Morgan fingerprint density at radius 3 is 2.64 bits per heavy atom. The third-order valence-corrected chi connectivity index (χ3v) is 3.69. The van der Waals surface area contributed by atoms with Gasteiger partial charge in [-0.25, -0.2) is 0 Å². The molecule has 0 saturated carbocycles. The number of amides is 1. The predicted octanol–water partition coefficient (Wildman–Crippen LogP) is 3.88. The fraction of sp³-hybridized carbons (Fsp3) is 0.235. The molecule has 0 N–H and O–H groups in total. The van der Waals surface area contributed by atoms with E-state index in [1.807, 2.05) is 24.3 Å². The Morgan fingerprint density at radius 2 is 1.82 bits per heavy atom. The topological polar surface area (TPSA) is 29.5 Å². The molecule has 114 valence electrons. The van der Waals surface area contributed by atoms with Crippen LogP contribution in [0, 0.1) is 0 Å². The van der Waals surface area contributed by atoms with Gasteiger partial charge in [0, 0.05) is 12.2 Å². The molecule has 0 aromatic heterocycles. The Labute approximate surface area is 127 Å². The lowest BCUT2D eigenvalue weighted by Gasteiger charge is -2.30. The van der Waals surface area contributed by atoms with Crippen LogP contribution in [0.3, 0.4) is 0 Å². The smallest absolute Gasteiger partial charge is 0.387 e. The van der Waals surface area contributed by atoms with Crippen molar-refractivity contribution in [3.05, 3.63) is 59.7 Å². The summed E-state index contributed by atoms with van der Waals surface area (Å²) in [4.78, 5) is 14.4. The lowest BCUT2D eigenvalue weighted by atomic mass is 10.0. The largest absolute Gasteiger partial charge is 0.434 e. The van der Waals surface area contributed by atoms with E-state index in [0.717, 1.165) is 24.1 Å². The van der Waals surface area contributed by atoms with Gasteiger partial charge in [0.25, 0.3) is 5.91 Å². The summed E-state index contributed by atoms with van der Waals surface area (Å²) in [6, 6.07) is 13.8. The van der Waals surface area contributed by atoms with Crippen molar-refractivity contribution in [2.45, 2.75) is 19.5 Å². The van der Waals surface area contributed by atoms with Crippen molar-refractivity contribution in [2.75, 3.05) is 11.4 Å². The van der Waals surface area contributed by atoms with Gasteiger partial charge in [0.2, 0.25) is 0 Å². The second-order valence-electron chi connectivity index (χ2n) is 5.06. The Bertz CT molecular complexity index is 688. The zero-order valence-electron chi connectivity index (χ0n) is 11.8. The van der Waals surface area contributed by atoms with Crippen LogP contribution >= 0.6 is 0 Å². The SMILES string of the molecule is O=C(c1ccccc1OC(F)F)N1CCCc2ccccc21. The highest BCUT2D eigenvalue weighted by atomic mass is 19.3. The van der Waals surface area contributed by atoms with Gasteiger partial charge in [0.1, 0.15) is 5.75 Å². The number of hydrogen-bond acceptors (Lipinski definition) is 2. The van der Waals surface area contributed by atoms with Gasteiger partial charge in [-0.05, 0) is 36.6 Å². The first kappa shape index (κ1) is 14.5. The van der Waals surface area contributed by atoms with E-state index in [0.29, 0.717) is 6.54 Å². The molecule has 22 heavy (non-hydrogen) atoms. The molecule has 0 bridgehead atoms. The Morgan fingerprint density at radius 1 is 1.09 bits per heavy atom. The maximum Gasteiger partial charge on any atom is 0.387 e. The van der Waals surface area contributed by atoms with Gasteiger partial charge in [0.15, 0.2) is 0 Å². The maximum atomic E-state index is 12.8. The van der Waals surface area contributed by atoms with Crippen molar-refractivity contribution in [2.24, 2.45) is 0 Å². The number of aryl methyl sites for hydroxylation is 1. The van der Waals surface area contributed by atoms with Crippen molar-refractivity contribution in [1.29, 1.82) is 0 Å². The average Bonchev–Trinajstić information content (AvgIpc) is 2.54. The highest BCUT2D eigenvalue weighted by Gasteiger charge is 2.25. The van der Waals surface area contributed by atoms with Crippen LogP contribution in [0.2, 0.25) is 0 Å². The molecule has 0 saturated heterocycles. The lowest BCUT2D eigenvalue weighted by molar-refractivity contribution is -0.0501. The van der Waals surface area contributed by atoms with Gasteiger partial charge in [-0.2, -0.15) is 8.78 Å². The van der Waals surface area contributed by atoms with E-state index >= 15 is 0 Å². The number of benzene rings is 2. The number of rotatable bonds is 3. The van der Waals surface area contributed by atoms with Crippen LogP contribution in [0.5, 0.6) is 5.75 Å². The fourth-order valence-corrected chi connectivity index (χ4v) is 2.73. The summed E-state index contributed by atoms with van der Waals surface area (Å²) in [7, 11) is 0. The molecule has 5 heteroatoms. The third-order valence-electron chi connectivity index (χ3n) is 3.69. The third kappa shape index (κ3) is 2.79. The minimum atomic E-state index is -2.96. The molecule has 1 heterocycles. The standard InChI is InChI=1S/C17H15F2NO2/c18-17(19)22-15-10-4-2-8-13(15)16(21)20-11-5-7-12-6-1-3-9-14(12)20/h1-4,6,8-10,17H,5,7,11H2. The molecule has 1 aliphatic rings. The lowest BCUT2D eigenvalue weighted by Crippen LogP contribution is -2.35. The minimum Gasteiger partial charge on any atom is -0.434 e. The normalized spacial score (nSPS) is 13.9. The molecule has 2 aromatic rings. The number of fused-ring (bicyclic) bond motifs is 1. The molecule has 0 radical (unpaired) electrons. The van der Waals surface area contributed by atoms with E-state index in [1.165, 1.54) is 12.1 Å². The van der Waals surface area contributed by atoms with Gasteiger partial charge >= 0.3 is 6.61 Å². The Hall–Kier alpha value is -2.43. The molecule has 0 unspecified atom stereocenters. The van der Waals surface area contributed by atoms with Gasteiger partial charge in [0.05, 0.1) is 5.56 Å². The van der Waals surface area contributed by atoms with Gasteiger partial charge < -0.3 is 9.64 Å². The molecular formula is C17H15F2NO2. The van der Waals surface area contributed by atoms with Gasteiger partial charge in [-0.3, -0.25) is 4.79 Å². The molecule has 1 aliphatic heterocycles. The van der Waals surface area contributed by atoms with Crippen molar-refractivity contribution in [3.8, 4) is 5.75 Å². The van der Waals surface area contributed by atoms with Gasteiger partial charge in [-0.15, -0.1) is 0 Å². The van der Waals surface area contributed by atoms with Gasteiger partial charge in [-0.1, -0.05) is 30.3 Å². The first-order chi connectivity index (χ1) is 10.7. The van der Waals surface area contributed by atoms with E-state index in [2.05, 4.69) is 4.74 Å². The Kier molecular flexibility index (Phi) is 4.04. The Balaban J connectivity index is 1.96. The predicted molar refractivity (Wildman–Crippen MR) is 79.5 cm³/mol. The average molecular weight is 303 g/mol. The summed E-state index contributed by atoms with van der Waals surface area (Å²) in [6.07, 6.45) is 1.76. The summed E-state index contributed by atoms with van der Waals surface area (Å²) >= 11 is 0. The number of nitrogens with zero attached hydrogens (tertiary/aromatic N) is 1. The molecule has 2 aromatic carbocycles. The number of halogens is 2. The van der Waals surface area contributed by atoms with Crippen LogP contribution in [-0.2, 0) is 6.42 Å². The fourth-order valence-electron chi connectivity index (χ4n) is 2.73. The number of alkyl halides is 2. The van der Waals surface area contributed by atoms with Crippen molar-refractivity contribution < 1.29 is 18.3 Å². The molecular weight excluding hydrogens is 288 g/mol. The van der Waals surface area contributed by atoms with Crippen molar-refractivity contribution in [3.63, 3.8) is 0 Å². The maximum absolute atomic E-state index is 12.8. The molecule has 0 atom stereocenters. The quantitative estimate of drug-likeness (QED) is 0.861. The van der Waals surface area contributed by atoms with E-state index < -0.39 is 6.61 Å². The molecule has 3 nitrogen and oxygen atoms in total. The first-order valence-electron chi connectivity index (χ1n) is 7.10. The summed E-state index contributed by atoms with van der Waals surface area (Å²) < 4.78 is 29.5. The zero-order chi connectivity index (χ0) is 15.5. The highest BCUT2D eigenvalue weighted by Crippen LogP contribution is 2.30. The van der Waals surface area contributed by atoms with Crippen LogP contribution < -0.4 is 9.64 Å². The summed E-state index contributed by atoms with van der Waals surface area (Å²) in [5.41, 5.74) is 2.08. The van der Waals surface area contributed by atoms with E-state index in [9.17, 15) is 13.6 Å². The first-order valence-corrected chi connectivity index (χ1v) is 7.10. The van der Waals surface area contributed by atoms with Crippen LogP contribution in [0.1, 0.15) is 22.3 Å². The second-order valence-corrected chi connectivity index (χ2v) is 5.06. The van der Waals surface area contributed by atoms with Crippen molar-refractivity contribution in [1.82, 2.24) is 0 Å². The number of ether oxygens (including phenoxy) is 1. The number of anilines is 1. The monoisotopic (exact) mass is 303 g/mol. The second kappa shape index (κ2) is 6.13. The summed E-state index contributed by atoms with van der Waals surface area (Å²) in [6.45, 7) is -2.39. The number of para-hydroxylation sites is 2. The van der Waals surface area contributed by atoms with Crippen LogP contribution in [0.4, 0.5) is 14.5 Å². The number of carbonyl (C=O) groups is 1. The molecule has 0 spiro atoms. The van der Waals surface area contributed by atoms with E-state index in [-0.39, 0.29) is 17.2 Å². The van der Waals surface area contributed by atoms with Crippen molar-refractivity contribution >= 4 is 11.6 Å². The molecule has 0 aliphatic carbocycles. The molecule has 1 amide bonds. The minimum absolute atomic E-state index is 0.0921. The molecule has 0 fully saturated rings.